The predicted octanol–water partition coefficient (Wildman–Crippen LogP) is 3.58. The van der Waals surface area contributed by atoms with E-state index in [0.29, 0.717) is 33.6 Å². The second-order valence-electron chi connectivity index (χ2n) is 5.77. The van der Waals surface area contributed by atoms with Crippen molar-refractivity contribution in [3.05, 3.63) is 71.8 Å². The van der Waals surface area contributed by atoms with Crippen LogP contribution in [0.4, 0.5) is 11.4 Å². The molecule has 0 aliphatic rings. The maximum absolute atomic E-state index is 11.8. The van der Waals surface area contributed by atoms with Crippen LogP contribution < -0.4 is 11.5 Å². The van der Waals surface area contributed by atoms with Gasteiger partial charge in [-0.2, -0.15) is 0 Å². The van der Waals surface area contributed by atoms with Crippen molar-refractivity contribution in [1.29, 1.82) is 0 Å². The van der Waals surface area contributed by atoms with Crippen LogP contribution >= 0.6 is 0 Å². The van der Waals surface area contributed by atoms with Gasteiger partial charge in [-0.05, 0) is 47.5 Å². The first-order valence-electron chi connectivity index (χ1n) is 7.74. The fourth-order valence-corrected chi connectivity index (χ4v) is 2.86. The number of anilines is 2. The van der Waals surface area contributed by atoms with Gasteiger partial charge in [-0.25, -0.2) is 9.59 Å². The van der Waals surface area contributed by atoms with E-state index in [-0.39, 0.29) is 11.1 Å². The summed E-state index contributed by atoms with van der Waals surface area (Å²) in [4.78, 5) is 23.6. The van der Waals surface area contributed by atoms with Gasteiger partial charge in [0.05, 0.1) is 11.1 Å². The first kappa shape index (κ1) is 17.0. The summed E-state index contributed by atoms with van der Waals surface area (Å²) in [6, 6.07) is 15.8. The van der Waals surface area contributed by atoms with Crippen molar-refractivity contribution in [3.63, 3.8) is 0 Å². The molecule has 6 N–H and O–H groups in total. The molecule has 0 bridgehead atoms. The summed E-state index contributed by atoms with van der Waals surface area (Å²) >= 11 is 0. The largest absolute Gasteiger partial charge is 0.478 e. The SMILES string of the molecule is Nc1ccc(-c2c(C(=O)O)ccc(C(=O)O)c2-c2ccc(N)cc2)cc1. The molecule has 0 aliphatic carbocycles. The maximum atomic E-state index is 11.8. The molecule has 0 spiro atoms. The van der Waals surface area contributed by atoms with E-state index >= 15 is 0 Å². The Labute approximate surface area is 149 Å². The molecule has 6 heteroatoms. The number of rotatable bonds is 4. The van der Waals surface area contributed by atoms with E-state index in [1.165, 1.54) is 12.1 Å². The molecule has 0 heterocycles. The lowest BCUT2D eigenvalue weighted by Gasteiger charge is -2.16. The molecule has 3 rings (SSSR count). The maximum Gasteiger partial charge on any atom is 0.336 e. The van der Waals surface area contributed by atoms with Gasteiger partial charge in [-0.15, -0.1) is 0 Å². The van der Waals surface area contributed by atoms with Gasteiger partial charge < -0.3 is 21.7 Å². The zero-order valence-electron chi connectivity index (χ0n) is 13.6. The van der Waals surface area contributed by atoms with E-state index in [1.54, 1.807) is 48.5 Å². The Morgan fingerprint density at radius 3 is 1.15 bits per heavy atom. The first-order valence-corrected chi connectivity index (χ1v) is 7.74. The molecule has 0 saturated heterocycles. The van der Waals surface area contributed by atoms with E-state index < -0.39 is 11.9 Å². The van der Waals surface area contributed by atoms with Crippen LogP contribution in [-0.2, 0) is 0 Å². The topological polar surface area (TPSA) is 127 Å². The van der Waals surface area contributed by atoms with Gasteiger partial charge in [0.1, 0.15) is 0 Å². The van der Waals surface area contributed by atoms with Crippen molar-refractivity contribution < 1.29 is 19.8 Å². The smallest absolute Gasteiger partial charge is 0.336 e. The Morgan fingerprint density at radius 2 is 0.885 bits per heavy atom. The van der Waals surface area contributed by atoms with Crippen molar-refractivity contribution in [2.75, 3.05) is 11.5 Å². The van der Waals surface area contributed by atoms with Crippen LogP contribution in [0, 0.1) is 0 Å². The van der Waals surface area contributed by atoms with Crippen molar-refractivity contribution in [2.24, 2.45) is 0 Å². The molecule has 0 saturated carbocycles. The summed E-state index contributed by atoms with van der Waals surface area (Å²) in [6.07, 6.45) is 0. The minimum Gasteiger partial charge on any atom is -0.478 e. The fraction of sp³-hybridized carbons (Fsp3) is 0. The molecule has 0 unspecified atom stereocenters. The summed E-state index contributed by atoms with van der Waals surface area (Å²) in [5.41, 5.74) is 14.3. The van der Waals surface area contributed by atoms with Crippen LogP contribution in [0.1, 0.15) is 20.7 Å². The number of nitrogens with two attached hydrogens (primary N) is 2. The molecule has 0 aliphatic heterocycles. The molecule has 3 aromatic rings. The Balaban J connectivity index is 2.42. The average Bonchev–Trinajstić information content (AvgIpc) is 2.61. The number of carbonyl (C=O) groups is 2. The average molecular weight is 348 g/mol. The van der Waals surface area contributed by atoms with E-state index in [4.69, 9.17) is 11.5 Å². The number of hydrogen-bond donors (Lipinski definition) is 4. The monoisotopic (exact) mass is 348 g/mol. The lowest BCUT2D eigenvalue weighted by molar-refractivity contribution is 0.0682. The Kier molecular flexibility index (Phi) is 4.33. The first-order chi connectivity index (χ1) is 12.4. The van der Waals surface area contributed by atoms with Crippen molar-refractivity contribution in [1.82, 2.24) is 0 Å². The highest BCUT2D eigenvalue weighted by atomic mass is 16.4. The van der Waals surface area contributed by atoms with Gasteiger partial charge in [0.2, 0.25) is 0 Å². The van der Waals surface area contributed by atoms with Crippen LogP contribution in [0.2, 0.25) is 0 Å². The second kappa shape index (κ2) is 6.60. The number of carboxylic acid groups (broad SMARTS) is 2. The van der Waals surface area contributed by atoms with Crippen LogP contribution in [0.15, 0.2) is 60.7 Å². The predicted molar refractivity (Wildman–Crippen MR) is 100 cm³/mol. The number of nitrogen functional groups attached to an aromatic ring is 2. The third kappa shape index (κ3) is 3.08. The zero-order valence-corrected chi connectivity index (χ0v) is 13.6. The fourth-order valence-electron chi connectivity index (χ4n) is 2.86. The standard InChI is InChI=1S/C20H16N2O4/c21-13-5-1-11(2-6-13)17-15(19(23)24)9-10-16(20(25)26)18(17)12-3-7-14(22)8-4-12/h1-10H,21-22H2,(H,23,24)(H,25,26). The normalized spacial score (nSPS) is 10.5. The van der Waals surface area contributed by atoms with E-state index in [9.17, 15) is 19.8 Å². The van der Waals surface area contributed by atoms with Gasteiger partial charge in [0.15, 0.2) is 0 Å². The number of benzene rings is 3. The Hall–Kier alpha value is -3.80. The van der Waals surface area contributed by atoms with Gasteiger partial charge in [0.25, 0.3) is 0 Å². The summed E-state index contributed by atoms with van der Waals surface area (Å²) in [7, 11) is 0. The lowest BCUT2D eigenvalue weighted by atomic mass is 9.86. The van der Waals surface area contributed by atoms with Crippen LogP contribution in [-0.4, -0.2) is 22.2 Å². The van der Waals surface area contributed by atoms with Gasteiger partial charge >= 0.3 is 11.9 Å². The Morgan fingerprint density at radius 1 is 0.577 bits per heavy atom. The number of hydrogen-bond acceptors (Lipinski definition) is 4. The third-order valence-corrected chi connectivity index (χ3v) is 4.06. The summed E-state index contributed by atoms with van der Waals surface area (Å²) in [5, 5.41) is 19.3. The molecule has 130 valence electrons. The molecule has 0 radical (unpaired) electrons. The van der Waals surface area contributed by atoms with Gasteiger partial charge in [0, 0.05) is 22.5 Å². The molecule has 0 aromatic heterocycles. The molecule has 6 nitrogen and oxygen atoms in total. The molecule has 0 fully saturated rings. The summed E-state index contributed by atoms with van der Waals surface area (Å²) in [6.45, 7) is 0. The van der Waals surface area contributed by atoms with E-state index in [0.717, 1.165) is 0 Å². The third-order valence-electron chi connectivity index (χ3n) is 4.06. The minimum absolute atomic E-state index is 0.00611. The molecule has 0 amide bonds. The number of carboxylic acids is 2. The van der Waals surface area contributed by atoms with Gasteiger partial charge in [-0.3, -0.25) is 0 Å². The van der Waals surface area contributed by atoms with Crippen LogP contribution in [0.5, 0.6) is 0 Å². The quantitative estimate of drug-likeness (QED) is 0.534. The number of aromatic carboxylic acids is 2. The highest BCUT2D eigenvalue weighted by molar-refractivity contribution is 6.08. The van der Waals surface area contributed by atoms with Crippen molar-refractivity contribution in [3.8, 4) is 22.3 Å². The second-order valence-corrected chi connectivity index (χ2v) is 5.77. The molecule has 3 aromatic carbocycles. The van der Waals surface area contributed by atoms with Crippen molar-refractivity contribution in [2.45, 2.75) is 0 Å². The van der Waals surface area contributed by atoms with Crippen molar-refractivity contribution >= 4 is 23.3 Å². The highest BCUT2D eigenvalue weighted by Crippen LogP contribution is 2.38. The van der Waals surface area contributed by atoms with E-state index in [1.807, 2.05) is 0 Å². The highest BCUT2D eigenvalue weighted by Gasteiger charge is 2.23. The minimum atomic E-state index is -1.15. The van der Waals surface area contributed by atoms with Crippen LogP contribution in [0.3, 0.4) is 0 Å². The molecule has 26 heavy (non-hydrogen) atoms. The van der Waals surface area contributed by atoms with Crippen LogP contribution in [0.25, 0.3) is 22.3 Å². The Bertz CT molecular complexity index is 911. The summed E-state index contributed by atoms with van der Waals surface area (Å²) in [5.74, 6) is -2.30. The molecular formula is C20H16N2O4. The molecular weight excluding hydrogens is 332 g/mol. The zero-order chi connectivity index (χ0) is 18.8. The lowest BCUT2D eigenvalue weighted by Crippen LogP contribution is -2.07. The van der Waals surface area contributed by atoms with E-state index in [2.05, 4.69) is 0 Å². The van der Waals surface area contributed by atoms with Gasteiger partial charge in [-0.1, -0.05) is 24.3 Å². The summed E-state index contributed by atoms with van der Waals surface area (Å²) < 4.78 is 0. The molecule has 0 atom stereocenters.